The van der Waals surface area contributed by atoms with Crippen molar-refractivity contribution < 1.29 is 9.32 Å². The molecule has 5 nitrogen and oxygen atoms in total. The zero-order valence-corrected chi connectivity index (χ0v) is 14.5. The van der Waals surface area contributed by atoms with Crippen LogP contribution in [-0.4, -0.2) is 28.9 Å². The molecule has 0 aliphatic rings. The maximum atomic E-state index is 12.1. The van der Waals surface area contributed by atoms with E-state index >= 15 is 0 Å². The van der Waals surface area contributed by atoms with Crippen LogP contribution in [0.25, 0.3) is 0 Å². The Kier molecular flexibility index (Phi) is 6.74. The lowest BCUT2D eigenvalue weighted by Gasteiger charge is -2.31. The first kappa shape index (κ1) is 18.0. The van der Waals surface area contributed by atoms with E-state index in [1.807, 2.05) is 20.8 Å². The highest BCUT2D eigenvalue weighted by molar-refractivity contribution is 7.99. The first-order chi connectivity index (χ1) is 9.77. The number of thioether (sulfide) groups is 1. The molecule has 0 aliphatic carbocycles. The van der Waals surface area contributed by atoms with E-state index in [1.165, 1.54) is 0 Å². The van der Waals surface area contributed by atoms with Crippen molar-refractivity contribution in [2.45, 2.75) is 52.3 Å². The zero-order chi connectivity index (χ0) is 16.0. The highest BCUT2D eigenvalue weighted by Gasteiger charge is 2.25. The number of aryl methyl sites for hydroxylation is 2. The van der Waals surface area contributed by atoms with E-state index in [1.54, 1.807) is 11.8 Å². The van der Waals surface area contributed by atoms with Gasteiger partial charge in [-0.1, -0.05) is 19.0 Å². The van der Waals surface area contributed by atoms with Gasteiger partial charge in [-0.2, -0.15) is 0 Å². The van der Waals surface area contributed by atoms with Gasteiger partial charge in [0.1, 0.15) is 5.76 Å². The van der Waals surface area contributed by atoms with Crippen LogP contribution in [0.15, 0.2) is 4.52 Å². The standard InChI is InChI=1S/C15H27N3O2S/c1-10(2)6-15(5,9-16)17-14(19)8-21-7-13-11(3)18-20-12(13)4/h10H,6-9,16H2,1-5H3,(H,17,19). The van der Waals surface area contributed by atoms with Crippen LogP contribution in [0.2, 0.25) is 0 Å². The summed E-state index contributed by atoms with van der Waals surface area (Å²) in [6.45, 7) is 10.5. The Hall–Kier alpha value is -1.01. The van der Waals surface area contributed by atoms with E-state index in [-0.39, 0.29) is 11.4 Å². The molecule has 1 unspecified atom stereocenters. The molecule has 6 heteroatoms. The number of nitrogens with two attached hydrogens (primary N) is 1. The van der Waals surface area contributed by atoms with Crippen molar-refractivity contribution in [3.8, 4) is 0 Å². The Morgan fingerprint density at radius 1 is 1.48 bits per heavy atom. The third-order valence-electron chi connectivity index (χ3n) is 3.41. The molecule has 21 heavy (non-hydrogen) atoms. The monoisotopic (exact) mass is 313 g/mol. The highest BCUT2D eigenvalue weighted by Crippen LogP contribution is 2.20. The number of amides is 1. The predicted molar refractivity (Wildman–Crippen MR) is 87.2 cm³/mol. The fourth-order valence-corrected chi connectivity index (χ4v) is 3.39. The molecule has 0 fully saturated rings. The van der Waals surface area contributed by atoms with Crippen molar-refractivity contribution in [3.05, 3.63) is 17.0 Å². The lowest BCUT2D eigenvalue weighted by atomic mass is 9.91. The number of nitrogens with one attached hydrogen (secondary N) is 1. The second-order valence-electron chi connectivity index (χ2n) is 6.21. The molecule has 1 aromatic heterocycles. The van der Waals surface area contributed by atoms with E-state index in [9.17, 15) is 4.79 Å². The van der Waals surface area contributed by atoms with Crippen molar-refractivity contribution in [3.63, 3.8) is 0 Å². The van der Waals surface area contributed by atoms with Gasteiger partial charge in [0.2, 0.25) is 5.91 Å². The van der Waals surface area contributed by atoms with Crippen LogP contribution >= 0.6 is 11.8 Å². The number of nitrogens with zero attached hydrogens (tertiary/aromatic N) is 1. The molecule has 1 aromatic rings. The maximum absolute atomic E-state index is 12.1. The molecule has 0 saturated carbocycles. The molecule has 1 amide bonds. The van der Waals surface area contributed by atoms with E-state index in [0.29, 0.717) is 18.2 Å². The molecule has 0 aromatic carbocycles. The number of aromatic nitrogens is 1. The molecule has 0 radical (unpaired) electrons. The molecular weight excluding hydrogens is 286 g/mol. The van der Waals surface area contributed by atoms with Crippen LogP contribution in [0.4, 0.5) is 0 Å². The zero-order valence-electron chi connectivity index (χ0n) is 13.7. The summed E-state index contributed by atoms with van der Waals surface area (Å²) in [5, 5.41) is 6.97. The Labute approximate surface area is 131 Å². The summed E-state index contributed by atoms with van der Waals surface area (Å²) in [5.74, 6) is 2.50. The van der Waals surface area contributed by atoms with Gasteiger partial charge in [-0.25, -0.2) is 0 Å². The molecule has 0 bridgehead atoms. The van der Waals surface area contributed by atoms with Gasteiger partial charge < -0.3 is 15.6 Å². The van der Waals surface area contributed by atoms with E-state index < -0.39 is 0 Å². The van der Waals surface area contributed by atoms with Crippen molar-refractivity contribution in [2.24, 2.45) is 11.7 Å². The summed E-state index contributed by atoms with van der Waals surface area (Å²) in [7, 11) is 0. The molecular formula is C15H27N3O2S. The second kappa shape index (κ2) is 7.84. The summed E-state index contributed by atoms with van der Waals surface area (Å²) in [6.07, 6.45) is 0.879. The number of hydrogen-bond donors (Lipinski definition) is 2. The van der Waals surface area contributed by atoms with Gasteiger partial charge in [-0.05, 0) is 33.1 Å². The minimum atomic E-state index is -0.325. The fraction of sp³-hybridized carbons (Fsp3) is 0.733. The molecule has 1 heterocycles. The highest BCUT2D eigenvalue weighted by atomic mass is 32.2. The van der Waals surface area contributed by atoms with Crippen LogP contribution in [0.1, 0.15) is 44.2 Å². The van der Waals surface area contributed by atoms with Gasteiger partial charge in [0.15, 0.2) is 0 Å². The Bertz CT molecular complexity index is 454. The molecule has 1 atom stereocenters. The first-order valence-electron chi connectivity index (χ1n) is 7.28. The molecule has 0 spiro atoms. The average molecular weight is 313 g/mol. The van der Waals surface area contributed by atoms with E-state index in [4.69, 9.17) is 10.3 Å². The average Bonchev–Trinajstić information content (AvgIpc) is 2.69. The van der Waals surface area contributed by atoms with Gasteiger partial charge >= 0.3 is 0 Å². The predicted octanol–water partition coefficient (Wildman–Crippen LogP) is 2.40. The quantitative estimate of drug-likeness (QED) is 0.770. The third-order valence-corrected chi connectivity index (χ3v) is 4.37. The van der Waals surface area contributed by atoms with Crippen molar-refractivity contribution in [1.82, 2.24) is 10.5 Å². The normalized spacial score (nSPS) is 14.2. The number of hydrogen-bond acceptors (Lipinski definition) is 5. The topological polar surface area (TPSA) is 81.2 Å². The first-order valence-corrected chi connectivity index (χ1v) is 8.43. The summed E-state index contributed by atoms with van der Waals surface area (Å²) < 4.78 is 5.11. The van der Waals surface area contributed by atoms with Gasteiger partial charge in [0.05, 0.1) is 11.4 Å². The minimum Gasteiger partial charge on any atom is -0.361 e. The van der Waals surface area contributed by atoms with E-state index in [0.717, 1.165) is 29.2 Å². The van der Waals surface area contributed by atoms with Gasteiger partial charge in [0.25, 0.3) is 0 Å². The third kappa shape index (κ3) is 5.71. The summed E-state index contributed by atoms with van der Waals surface area (Å²) in [5.41, 5.74) is 7.46. The summed E-state index contributed by atoms with van der Waals surface area (Å²) in [4.78, 5) is 12.1. The Morgan fingerprint density at radius 3 is 2.62 bits per heavy atom. The molecule has 120 valence electrons. The Morgan fingerprint density at radius 2 is 2.14 bits per heavy atom. The van der Waals surface area contributed by atoms with Crippen LogP contribution < -0.4 is 11.1 Å². The smallest absolute Gasteiger partial charge is 0.230 e. The van der Waals surface area contributed by atoms with Crippen LogP contribution in [-0.2, 0) is 10.5 Å². The van der Waals surface area contributed by atoms with Crippen molar-refractivity contribution >= 4 is 17.7 Å². The summed E-state index contributed by atoms with van der Waals surface area (Å²) >= 11 is 1.56. The SMILES string of the molecule is Cc1noc(C)c1CSCC(=O)NC(C)(CN)CC(C)C. The van der Waals surface area contributed by atoms with Gasteiger partial charge in [-0.15, -0.1) is 11.8 Å². The molecule has 0 saturated heterocycles. The van der Waals surface area contributed by atoms with Crippen LogP contribution in [0, 0.1) is 19.8 Å². The molecule has 1 rings (SSSR count). The van der Waals surface area contributed by atoms with Crippen LogP contribution in [0.5, 0.6) is 0 Å². The number of rotatable bonds is 8. The lowest BCUT2D eigenvalue weighted by Crippen LogP contribution is -2.52. The largest absolute Gasteiger partial charge is 0.361 e. The number of carbonyl (C=O) groups is 1. The lowest BCUT2D eigenvalue weighted by molar-refractivity contribution is -0.120. The molecule has 0 aliphatic heterocycles. The Balaban J connectivity index is 2.43. The van der Waals surface area contributed by atoms with Crippen molar-refractivity contribution in [1.29, 1.82) is 0 Å². The van der Waals surface area contributed by atoms with Crippen LogP contribution in [0.3, 0.4) is 0 Å². The van der Waals surface area contributed by atoms with Gasteiger partial charge in [-0.3, -0.25) is 4.79 Å². The van der Waals surface area contributed by atoms with Gasteiger partial charge in [0, 0.05) is 23.4 Å². The summed E-state index contributed by atoms with van der Waals surface area (Å²) in [6, 6.07) is 0. The van der Waals surface area contributed by atoms with Crippen molar-refractivity contribution in [2.75, 3.05) is 12.3 Å². The maximum Gasteiger partial charge on any atom is 0.230 e. The second-order valence-corrected chi connectivity index (χ2v) is 7.19. The fourth-order valence-electron chi connectivity index (χ4n) is 2.41. The molecule has 3 N–H and O–H groups in total. The van der Waals surface area contributed by atoms with E-state index in [2.05, 4.69) is 24.3 Å². The number of carbonyl (C=O) groups excluding carboxylic acids is 1. The minimum absolute atomic E-state index is 0.0281.